The Labute approximate surface area is 119 Å². The molecule has 0 unspecified atom stereocenters. The lowest BCUT2D eigenvalue weighted by atomic mass is 10.2. The average Bonchev–Trinajstić information content (AvgIpc) is 2.85. The molecule has 1 aromatic heterocycles. The molecule has 0 radical (unpaired) electrons. The molecule has 102 valence electrons. The average molecular weight is 288 g/mol. The Bertz CT molecular complexity index is 709. The van der Waals surface area contributed by atoms with Crippen molar-refractivity contribution < 1.29 is 9.50 Å². The van der Waals surface area contributed by atoms with Crippen molar-refractivity contribution >= 4 is 21.6 Å². The van der Waals surface area contributed by atoms with Crippen molar-refractivity contribution in [1.29, 1.82) is 0 Å². The molecule has 0 atom stereocenters. The molecule has 0 saturated carbocycles. The van der Waals surface area contributed by atoms with Crippen LogP contribution in [0.15, 0.2) is 42.5 Å². The van der Waals surface area contributed by atoms with E-state index in [1.165, 1.54) is 18.2 Å². The highest BCUT2D eigenvalue weighted by molar-refractivity contribution is 7.18. The second kappa shape index (κ2) is 5.56. The maximum absolute atomic E-state index is 13.1. The summed E-state index contributed by atoms with van der Waals surface area (Å²) < 4.78 is 14.2. The highest BCUT2D eigenvalue weighted by Crippen LogP contribution is 2.22. The zero-order valence-corrected chi connectivity index (χ0v) is 11.5. The first-order chi connectivity index (χ1) is 9.72. The van der Waals surface area contributed by atoms with Crippen molar-refractivity contribution in [3.8, 4) is 5.75 Å². The summed E-state index contributed by atoms with van der Waals surface area (Å²) in [6, 6.07) is 11.9. The highest BCUT2D eigenvalue weighted by Gasteiger charge is 2.05. The third-order valence-corrected chi connectivity index (χ3v) is 4.01. The minimum absolute atomic E-state index is 0.100. The smallest absolute Gasteiger partial charge is 0.123 e. The van der Waals surface area contributed by atoms with Crippen molar-refractivity contribution in [3.63, 3.8) is 0 Å². The van der Waals surface area contributed by atoms with Crippen molar-refractivity contribution in [3.05, 3.63) is 58.9 Å². The molecular weight excluding hydrogens is 275 g/mol. The highest BCUT2D eigenvalue weighted by atomic mass is 32.1. The summed E-state index contributed by atoms with van der Waals surface area (Å²) in [4.78, 5) is 4.50. The van der Waals surface area contributed by atoms with E-state index in [4.69, 9.17) is 0 Å². The van der Waals surface area contributed by atoms with Crippen LogP contribution in [-0.2, 0) is 13.1 Å². The Balaban J connectivity index is 1.66. The summed E-state index contributed by atoms with van der Waals surface area (Å²) >= 11 is 1.63. The summed E-state index contributed by atoms with van der Waals surface area (Å²) in [6.45, 7) is 0.995. The molecule has 0 saturated heterocycles. The third kappa shape index (κ3) is 2.79. The van der Waals surface area contributed by atoms with Gasteiger partial charge in [0.2, 0.25) is 0 Å². The van der Waals surface area contributed by atoms with Crippen molar-refractivity contribution in [2.45, 2.75) is 13.1 Å². The Morgan fingerprint density at radius 1 is 1.15 bits per heavy atom. The standard InChI is InChI=1S/C15H13FN2OS/c16-11-5-6-13(19)10(7-11)8-17-9-15-18-12-3-1-2-4-14(12)20-15/h1-7,17,19H,8-9H2. The number of thiazole rings is 1. The second-order valence-electron chi connectivity index (χ2n) is 4.45. The summed E-state index contributed by atoms with van der Waals surface area (Å²) in [5.74, 6) is -0.247. The maximum atomic E-state index is 13.1. The van der Waals surface area contributed by atoms with Gasteiger partial charge in [0.25, 0.3) is 0 Å². The monoisotopic (exact) mass is 288 g/mol. The van der Waals surface area contributed by atoms with Gasteiger partial charge < -0.3 is 10.4 Å². The first-order valence-corrected chi connectivity index (χ1v) is 7.06. The number of hydrogen-bond acceptors (Lipinski definition) is 4. The van der Waals surface area contributed by atoms with Gasteiger partial charge in [0.15, 0.2) is 0 Å². The first-order valence-electron chi connectivity index (χ1n) is 6.25. The van der Waals surface area contributed by atoms with Gasteiger partial charge in [-0.3, -0.25) is 0 Å². The SMILES string of the molecule is Oc1ccc(F)cc1CNCc1nc2ccccc2s1. The number of fused-ring (bicyclic) bond motifs is 1. The molecule has 0 aliphatic heterocycles. The van der Waals surface area contributed by atoms with E-state index < -0.39 is 0 Å². The number of benzene rings is 2. The van der Waals surface area contributed by atoms with Crippen molar-refractivity contribution in [2.75, 3.05) is 0 Å². The van der Waals surface area contributed by atoms with E-state index in [1.54, 1.807) is 11.3 Å². The molecule has 0 amide bonds. The zero-order valence-electron chi connectivity index (χ0n) is 10.6. The number of nitrogens with one attached hydrogen (secondary N) is 1. The minimum atomic E-state index is -0.348. The lowest BCUT2D eigenvalue weighted by Gasteiger charge is -2.05. The number of phenolic OH excluding ortho intramolecular Hbond substituents is 1. The van der Waals surface area contributed by atoms with Crippen LogP contribution in [0, 0.1) is 5.82 Å². The normalized spacial score (nSPS) is 11.1. The fourth-order valence-corrected chi connectivity index (χ4v) is 2.93. The van der Waals surface area contributed by atoms with Crippen molar-refractivity contribution in [1.82, 2.24) is 10.3 Å². The van der Waals surface area contributed by atoms with Gasteiger partial charge in [0.05, 0.1) is 10.2 Å². The van der Waals surface area contributed by atoms with Gasteiger partial charge in [0.1, 0.15) is 16.6 Å². The number of aromatic hydroxyl groups is 1. The largest absolute Gasteiger partial charge is 0.508 e. The number of phenols is 1. The van der Waals surface area contributed by atoms with Crippen LogP contribution >= 0.6 is 11.3 Å². The summed E-state index contributed by atoms with van der Waals surface area (Å²) in [5, 5.41) is 13.8. The molecule has 0 aliphatic carbocycles. The van der Waals surface area contributed by atoms with E-state index in [9.17, 15) is 9.50 Å². The predicted molar refractivity (Wildman–Crippen MR) is 78.2 cm³/mol. The summed E-state index contributed by atoms with van der Waals surface area (Å²) in [6.07, 6.45) is 0. The fourth-order valence-electron chi connectivity index (χ4n) is 2.00. The lowest BCUT2D eigenvalue weighted by Crippen LogP contribution is -2.12. The quantitative estimate of drug-likeness (QED) is 0.773. The number of nitrogens with zero attached hydrogens (tertiary/aromatic N) is 1. The molecule has 5 heteroatoms. The molecular formula is C15H13FN2OS. The minimum Gasteiger partial charge on any atom is -0.508 e. The van der Waals surface area contributed by atoms with Crippen LogP contribution in [0.1, 0.15) is 10.6 Å². The van der Waals surface area contributed by atoms with Crippen LogP contribution in [0.5, 0.6) is 5.75 Å². The summed E-state index contributed by atoms with van der Waals surface area (Å²) in [7, 11) is 0. The Kier molecular flexibility index (Phi) is 3.62. The van der Waals surface area contributed by atoms with Crippen LogP contribution in [0.3, 0.4) is 0 Å². The third-order valence-electron chi connectivity index (χ3n) is 2.97. The zero-order chi connectivity index (χ0) is 13.9. The number of para-hydroxylation sites is 1. The molecule has 1 heterocycles. The van der Waals surface area contributed by atoms with Crippen LogP contribution in [0.4, 0.5) is 4.39 Å². The Morgan fingerprint density at radius 3 is 2.85 bits per heavy atom. The molecule has 3 rings (SSSR count). The molecule has 0 fully saturated rings. The fraction of sp³-hybridized carbons (Fsp3) is 0.133. The number of aromatic nitrogens is 1. The summed E-state index contributed by atoms with van der Waals surface area (Å²) in [5.41, 5.74) is 1.54. The predicted octanol–water partition coefficient (Wildman–Crippen LogP) is 3.43. The van der Waals surface area contributed by atoms with Gasteiger partial charge in [-0.25, -0.2) is 9.37 Å². The van der Waals surface area contributed by atoms with E-state index in [0.29, 0.717) is 18.7 Å². The van der Waals surface area contributed by atoms with E-state index in [-0.39, 0.29) is 11.6 Å². The van der Waals surface area contributed by atoms with Crippen LogP contribution in [0.2, 0.25) is 0 Å². The van der Waals surface area contributed by atoms with Gasteiger partial charge >= 0.3 is 0 Å². The maximum Gasteiger partial charge on any atom is 0.123 e. The molecule has 3 nitrogen and oxygen atoms in total. The van der Waals surface area contributed by atoms with Crippen LogP contribution in [-0.4, -0.2) is 10.1 Å². The van der Waals surface area contributed by atoms with Gasteiger partial charge in [-0.15, -0.1) is 11.3 Å². The molecule has 20 heavy (non-hydrogen) atoms. The number of hydrogen-bond donors (Lipinski definition) is 2. The van der Waals surface area contributed by atoms with Crippen LogP contribution < -0.4 is 5.32 Å². The van der Waals surface area contributed by atoms with E-state index in [0.717, 1.165) is 15.2 Å². The van der Waals surface area contributed by atoms with Gasteiger partial charge in [0, 0.05) is 18.7 Å². The van der Waals surface area contributed by atoms with Crippen LogP contribution in [0.25, 0.3) is 10.2 Å². The lowest BCUT2D eigenvalue weighted by molar-refractivity contribution is 0.461. The van der Waals surface area contributed by atoms with E-state index >= 15 is 0 Å². The van der Waals surface area contributed by atoms with E-state index in [2.05, 4.69) is 10.3 Å². The first kappa shape index (κ1) is 13.0. The van der Waals surface area contributed by atoms with Gasteiger partial charge in [-0.05, 0) is 30.3 Å². The Morgan fingerprint density at radius 2 is 2.00 bits per heavy atom. The number of halogens is 1. The Hall–Kier alpha value is -1.98. The molecule has 2 N–H and O–H groups in total. The van der Waals surface area contributed by atoms with Gasteiger partial charge in [-0.1, -0.05) is 12.1 Å². The molecule has 0 bridgehead atoms. The topological polar surface area (TPSA) is 45.1 Å². The molecule has 3 aromatic rings. The second-order valence-corrected chi connectivity index (χ2v) is 5.57. The van der Waals surface area contributed by atoms with Gasteiger partial charge in [-0.2, -0.15) is 0 Å². The van der Waals surface area contributed by atoms with Crippen molar-refractivity contribution in [2.24, 2.45) is 0 Å². The van der Waals surface area contributed by atoms with E-state index in [1.807, 2.05) is 24.3 Å². The molecule has 0 spiro atoms. The number of rotatable bonds is 4. The molecule has 2 aromatic carbocycles. The molecule has 0 aliphatic rings.